The van der Waals surface area contributed by atoms with E-state index in [1.807, 2.05) is 0 Å². The monoisotopic (exact) mass is 403 g/mol. The van der Waals surface area contributed by atoms with Crippen molar-refractivity contribution in [3.05, 3.63) is 23.8 Å². The molecule has 2 rings (SSSR count). The van der Waals surface area contributed by atoms with Crippen molar-refractivity contribution in [1.29, 1.82) is 0 Å². The van der Waals surface area contributed by atoms with Crippen molar-refractivity contribution in [2.75, 3.05) is 32.2 Å². The Hall–Kier alpha value is -2.82. The molecule has 28 heavy (non-hydrogen) atoms. The normalized spacial score (nSPS) is 16.1. The lowest BCUT2D eigenvalue weighted by atomic mass is 10.1. The van der Waals surface area contributed by atoms with Crippen LogP contribution >= 0.6 is 0 Å². The number of nitrogens with zero attached hydrogens (tertiary/aromatic N) is 1. The van der Waals surface area contributed by atoms with Gasteiger partial charge in [0.15, 0.2) is 0 Å². The lowest BCUT2D eigenvalue weighted by Crippen LogP contribution is -2.41. The number of hydrogen-bond acceptors (Lipinski definition) is 5. The van der Waals surface area contributed by atoms with Gasteiger partial charge in [0.05, 0.1) is 17.9 Å². The molecule has 0 aliphatic carbocycles. The first kappa shape index (κ1) is 21.5. The molecular formula is C17H20F3N3O5. The molecule has 1 aliphatic rings. The van der Waals surface area contributed by atoms with Crippen molar-refractivity contribution < 1.29 is 37.0 Å². The number of rotatable bonds is 7. The second-order valence-corrected chi connectivity index (χ2v) is 6.54. The van der Waals surface area contributed by atoms with Crippen LogP contribution in [0.3, 0.4) is 0 Å². The van der Waals surface area contributed by atoms with E-state index < -0.39 is 41.7 Å². The number of carbonyl (C=O) groups is 3. The molecule has 0 bridgehead atoms. The number of ether oxygens (including phenoxy) is 2. The summed E-state index contributed by atoms with van der Waals surface area (Å²) in [4.78, 5) is 36.9. The van der Waals surface area contributed by atoms with Gasteiger partial charge in [-0.1, -0.05) is 0 Å². The Balaban J connectivity index is 2.19. The van der Waals surface area contributed by atoms with Crippen molar-refractivity contribution in [2.24, 2.45) is 0 Å². The van der Waals surface area contributed by atoms with E-state index in [0.29, 0.717) is 4.90 Å². The average Bonchev–Trinajstić information content (AvgIpc) is 2.77. The molecule has 4 amide bonds. The fourth-order valence-corrected chi connectivity index (χ4v) is 2.46. The number of halogens is 3. The van der Waals surface area contributed by atoms with Crippen LogP contribution < -0.4 is 15.4 Å². The molecule has 8 nitrogen and oxygen atoms in total. The summed E-state index contributed by atoms with van der Waals surface area (Å²) in [7, 11) is 1.43. The number of urea groups is 1. The van der Waals surface area contributed by atoms with Crippen molar-refractivity contribution in [3.63, 3.8) is 0 Å². The number of carbonyl (C=O) groups excluding carboxylic acids is 3. The third-order valence-electron chi connectivity index (χ3n) is 3.87. The number of anilines is 1. The van der Waals surface area contributed by atoms with Crippen LogP contribution in [-0.2, 0) is 20.5 Å². The van der Waals surface area contributed by atoms with Gasteiger partial charge in [-0.15, -0.1) is 0 Å². The van der Waals surface area contributed by atoms with Crippen LogP contribution in [0.1, 0.15) is 19.4 Å². The molecule has 0 unspecified atom stereocenters. The van der Waals surface area contributed by atoms with Crippen molar-refractivity contribution in [1.82, 2.24) is 10.2 Å². The van der Waals surface area contributed by atoms with E-state index in [1.165, 1.54) is 21.0 Å². The molecule has 1 saturated heterocycles. The summed E-state index contributed by atoms with van der Waals surface area (Å²) >= 11 is 0. The number of hydrogen-bond donors (Lipinski definition) is 2. The molecule has 1 heterocycles. The summed E-state index contributed by atoms with van der Waals surface area (Å²) in [5.74, 6) is -1.47. The van der Waals surface area contributed by atoms with Crippen LogP contribution in [0.25, 0.3) is 0 Å². The largest absolute Gasteiger partial charge is 0.489 e. The van der Waals surface area contributed by atoms with Gasteiger partial charge >= 0.3 is 12.2 Å². The number of nitrogens with one attached hydrogen (secondary N) is 2. The van der Waals surface area contributed by atoms with Crippen LogP contribution in [-0.4, -0.2) is 55.2 Å². The molecule has 0 saturated carbocycles. The van der Waals surface area contributed by atoms with Crippen LogP contribution in [0.2, 0.25) is 0 Å². The lowest BCUT2D eigenvalue weighted by molar-refractivity contribution is -0.137. The first-order valence-corrected chi connectivity index (χ1v) is 8.22. The van der Waals surface area contributed by atoms with Crippen LogP contribution in [0.4, 0.5) is 23.7 Å². The first-order chi connectivity index (χ1) is 13.0. The highest BCUT2D eigenvalue weighted by atomic mass is 19.4. The Morgan fingerprint density at radius 2 is 1.93 bits per heavy atom. The Morgan fingerprint density at radius 3 is 2.46 bits per heavy atom. The molecule has 1 aromatic carbocycles. The van der Waals surface area contributed by atoms with E-state index in [4.69, 9.17) is 9.47 Å². The fourth-order valence-electron chi connectivity index (χ4n) is 2.46. The summed E-state index contributed by atoms with van der Waals surface area (Å²) in [5.41, 5.74) is -2.39. The minimum Gasteiger partial charge on any atom is -0.489 e. The highest BCUT2D eigenvalue weighted by molar-refractivity contribution is 6.09. The summed E-state index contributed by atoms with van der Waals surface area (Å²) in [6.45, 7) is 2.53. The third kappa shape index (κ3) is 4.91. The lowest BCUT2D eigenvalue weighted by Gasteiger charge is -2.18. The molecule has 11 heteroatoms. The van der Waals surface area contributed by atoms with Crippen molar-refractivity contribution in [2.45, 2.75) is 25.6 Å². The van der Waals surface area contributed by atoms with Gasteiger partial charge in [0.1, 0.15) is 24.4 Å². The SMILES string of the molecule is COCCOc1ccc(C(F)(F)F)cc1NC(=O)CN1C(=O)NC(C)(C)C1=O. The molecule has 1 fully saturated rings. The molecule has 154 valence electrons. The Kier molecular flexibility index (Phi) is 6.17. The van der Waals surface area contributed by atoms with Gasteiger partial charge in [0.25, 0.3) is 5.91 Å². The molecule has 0 aromatic heterocycles. The number of methoxy groups -OCH3 is 1. The molecule has 0 radical (unpaired) electrons. The first-order valence-electron chi connectivity index (χ1n) is 8.22. The van der Waals surface area contributed by atoms with E-state index in [2.05, 4.69) is 10.6 Å². The van der Waals surface area contributed by atoms with Crippen LogP contribution in [0.15, 0.2) is 18.2 Å². The number of imide groups is 1. The topological polar surface area (TPSA) is 97.0 Å². The predicted octanol–water partition coefficient (Wildman–Crippen LogP) is 2.00. The molecule has 1 aliphatic heterocycles. The highest BCUT2D eigenvalue weighted by Gasteiger charge is 2.45. The molecule has 1 aromatic rings. The van der Waals surface area contributed by atoms with Gasteiger partial charge in [-0.3, -0.25) is 14.5 Å². The van der Waals surface area contributed by atoms with E-state index in [9.17, 15) is 27.6 Å². The summed E-state index contributed by atoms with van der Waals surface area (Å²) in [6.07, 6.45) is -4.63. The highest BCUT2D eigenvalue weighted by Crippen LogP contribution is 2.35. The molecular weight excluding hydrogens is 383 g/mol. The Bertz CT molecular complexity index is 780. The zero-order valence-electron chi connectivity index (χ0n) is 15.5. The van der Waals surface area contributed by atoms with Gasteiger partial charge in [-0.05, 0) is 32.0 Å². The zero-order chi connectivity index (χ0) is 21.1. The van der Waals surface area contributed by atoms with Gasteiger partial charge in [0.2, 0.25) is 5.91 Å². The number of alkyl halides is 3. The minimum absolute atomic E-state index is 0.00377. The quantitative estimate of drug-likeness (QED) is 0.536. The van der Waals surface area contributed by atoms with Crippen molar-refractivity contribution >= 4 is 23.5 Å². The maximum absolute atomic E-state index is 13.0. The summed E-state index contributed by atoms with van der Waals surface area (Å²) in [6, 6.07) is 1.85. The van der Waals surface area contributed by atoms with E-state index >= 15 is 0 Å². The maximum Gasteiger partial charge on any atom is 0.416 e. The third-order valence-corrected chi connectivity index (χ3v) is 3.87. The van der Waals surface area contributed by atoms with Crippen LogP contribution in [0.5, 0.6) is 5.75 Å². The van der Waals surface area contributed by atoms with Gasteiger partial charge in [0, 0.05) is 7.11 Å². The van der Waals surface area contributed by atoms with Gasteiger partial charge in [-0.25, -0.2) is 4.79 Å². The fraction of sp³-hybridized carbons (Fsp3) is 0.471. The number of amides is 4. The summed E-state index contributed by atoms with van der Waals surface area (Å²) < 4.78 is 49.1. The standard InChI is InChI=1S/C17H20F3N3O5/c1-16(2)14(25)23(15(26)22-16)9-13(24)21-11-8-10(17(18,19)20)4-5-12(11)28-7-6-27-3/h4-5,8H,6-7,9H2,1-3H3,(H,21,24)(H,22,26). The van der Waals surface area contributed by atoms with Gasteiger partial charge in [-0.2, -0.15) is 13.2 Å². The Labute approximate surface area is 159 Å². The number of benzene rings is 1. The molecule has 0 spiro atoms. The minimum atomic E-state index is -4.63. The van der Waals surface area contributed by atoms with E-state index in [0.717, 1.165) is 18.2 Å². The van der Waals surface area contributed by atoms with Gasteiger partial charge < -0.3 is 20.1 Å². The van der Waals surface area contributed by atoms with Crippen LogP contribution in [0, 0.1) is 0 Å². The van der Waals surface area contributed by atoms with E-state index in [-0.39, 0.29) is 24.7 Å². The van der Waals surface area contributed by atoms with Crippen molar-refractivity contribution in [3.8, 4) is 5.75 Å². The molecule has 2 N–H and O–H groups in total. The Morgan fingerprint density at radius 1 is 1.25 bits per heavy atom. The predicted molar refractivity (Wildman–Crippen MR) is 91.8 cm³/mol. The average molecular weight is 403 g/mol. The second-order valence-electron chi connectivity index (χ2n) is 6.54. The second kappa shape index (κ2) is 8.05. The zero-order valence-corrected chi connectivity index (χ0v) is 15.5. The smallest absolute Gasteiger partial charge is 0.416 e. The molecule has 0 atom stereocenters. The maximum atomic E-state index is 13.0. The van der Waals surface area contributed by atoms with E-state index in [1.54, 1.807) is 0 Å². The summed E-state index contributed by atoms with van der Waals surface area (Å²) in [5, 5.41) is 4.67.